The van der Waals surface area contributed by atoms with E-state index in [1.54, 1.807) is 0 Å². The maximum absolute atomic E-state index is 4.78. The van der Waals surface area contributed by atoms with E-state index in [4.69, 9.17) is 5.10 Å². The van der Waals surface area contributed by atoms with Crippen LogP contribution in [0.1, 0.15) is 49.6 Å². The molecule has 0 aliphatic heterocycles. The van der Waals surface area contributed by atoms with Crippen LogP contribution in [0.15, 0.2) is 41.5 Å². The Morgan fingerprint density at radius 1 is 1.25 bits per heavy atom. The fraction of sp³-hybridized carbons (Fsp3) is 0.545. The minimum absolute atomic E-state index is 0. The summed E-state index contributed by atoms with van der Waals surface area (Å²) in [6, 6.07) is 12.1. The van der Waals surface area contributed by atoms with E-state index >= 15 is 0 Å². The first-order valence-corrected chi connectivity index (χ1v) is 10.2. The molecule has 0 saturated heterocycles. The lowest BCUT2D eigenvalue weighted by Gasteiger charge is -2.24. The first-order chi connectivity index (χ1) is 13.1. The molecule has 0 amide bonds. The molecule has 4 rings (SSSR count). The van der Waals surface area contributed by atoms with Gasteiger partial charge in [-0.05, 0) is 56.6 Å². The van der Waals surface area contributed by atoms with Gasteiger partial charge in [-0.15, -0.1) is 24.0 Å². The summed E-state index contributed by atoms with van der Waals surface area (Å²) in [7, 11) is 1.87. The molecule has 2 aliphatic rings. The van der Waals surface area contributed by atoms with Gasteiger partial charge in [0.15, 0.2) is 5.96 Å². The highest BCUT2D eigenvalue weighted by Crippen LogP contribution is 2.33. The standard InChI is InChI=1S/C22H31N5.HI/c1-15(2)27-14-17-9-10-19(13-21(17)26-27)24-22(23-3)25-20-12-18(20)11-16-7-5-4-6-8-16;/h4-8,14-15,18-20H,9-13H2,1-3H3,(H2,23,24,25);1H. The van der Waals surface area contributed by atoms with Crippen molar-refractivity contribution in [3.8, 4) is 0 Å². The minimum Gasteiger partial charge on any atom is -0.353 e. The molecule has 1 aromatic heterocycles. The van der Waals surface area contributed by atoms with Crippen molar-refractivity contribution < 1.29 is 0 Å². The predicted molar refractivity (Wildman–Crippen MR) is 126 cm³/mol. The Morgan fingerprint density at radius 2 is 2.04 bits per heavy atom. The molecule has 0 radical (unpaired) electrons. The Morgan fingerprint density at radius 3 is 2.75 bits per heavy atom. The van der Waals surface area contributed by atoms with E-state index in [-0.39, 0.29) is 24.0 Å². The maximum atomic E-state index is 4.78. The van der Waals surface area contributed by atoms with E-state index in [2.05, 4.69) is 70.7 Å². The highest BCUT2D eigenvalue weighted by molar-refractivity contribution is 14.0. The number of guanidine groups is 1. The third-order valence-electron chi connectivity index (χ3n) is 5.78. The van der Waals surface area contributed by atoms with Crippen LogP contribution in [0.25, 0.3) is 0 Å². The molecule has 1 fully saturated rings. The van der Waals surface area contributed by atoms with Gasteiger partial charge in [0.25, 0.3) is 0 Å². The highest BCUT2D eigenvalue weighted by Gasteiger charge is 2.37. The van der Waals surface area contributed by atoms with Gasteiger partial charge >= 0.3 is 0 Å². The van der Waals surface area contributed by atoms with Crippen LogP contribution >= 0.6 is 24.0 Å². The largest absolute Gasteiger partial charge is 0.353 e. The maximum Gasteiger partial charge on any atom is 0.191 e. The van der Waals surface area contributed by atoms with Crippen LogP contribution in [0.3, 0.4) is 0 Å². The van der Waals surface area contributed by atoms with Gasteiger partial charge in [0.2, 0.25) is 0 Å². The fourth-order valence-corrected chi connectivity index (χ4v) is 4.01. The number of halogens is 1. The molecule has 2 N–H and O–H groups in total. The van der Waals surface area contributed by atoms with Crippen LogP contribution < -0.4 is 10.6 Å². The summed E-state index contributed by atoms with van der Waals surface area (Å²) in [5.41, 5.74) is 4.08. The van der Waals surface area contributed by atoms with Crippen molar-refractivity contribution in [3.05, 3.63) is 53.3 Å². The van der Waals surface area contributed by atoms with E-state index in [1.807, 2.05) is 7.05 Å². The van der Waals surface area contributed by atoms with E-state index < -0.39 is 0 Å². The van der Waals surface area contributed by atoms with Crippen molar-refractivity contribution in [2.45, 2.75) is 64.1 Å². The molecule has 2 aliphatic carbocycles. The molecule has 0 spiro atoms. The van der Waals surface area contributed by atoms with E-state index in [0.717, 1.165) is 31.6 Å². The van der Waals surface area contributed by atoms with Crippen molar-refractivity contribution in [2.24, 2.45) is 10.9 Å². The fourth-order valence-electron chi connectivity index (χ4n) is 4.01. The van der Waals surface area contributed by atoms with Crippen LogP contribution in [0.4, 0.5) is 0 Å². The van der Waals surface area contributed by atoms with Crippen LogP contribution in [0, 0.1) is 5.92 Å². The van der Waals surface area contributed by atoms with Crippen LogP contribution in [-0.4, -0.2) is 34.9 Å². The zero-order valence-corrected chi connectivity index (χ0v) is 19.4. The summed E-state index contributed by atoms with van der Waals surface area (Å²) >= 11 is 0. The van der Waals surface area contributed by atoms with Crippen LogP contribution in [0.2, 0.25) is 0 Å². The van der Waals surface area contributed by atoms with Gasteiger partial charge in [-0.3, -0.25) is 9.67 Å². The Balaban J connectivity index is 0.00000225. The Bertz CT molecular complexity index is 799. The average molecular weight is 493 g/mol. The molecule has 6 heteroatoms. The number of nitrogens with one attached hydrogen (secondary N) is 2. The molecule has 28 heavy (non-hydrogen) atoms. The first kappa shape index (κ1) is 21.1. The van der Waals surface area contributed by atoms with Crippen molar-refractivity contribution in [1.29, 1.82) is 0 Å². The van der Waals surface area contributed by atoms with Gasteiger partial charge in [-0.2, -0.15) is 5.10 Å². The molecule has 3 unspecified atom stereocenters. The SMILES string of the molecule is CN=C(NC1CCc2cn(C(C)C)nc2C1)NC1CC1Cc1ccccc1.I. The summed E-state index contributed by atoms with van der Waals surface area (Å²) in [5, 5.41) is 12.0. The number of aliphatic imine (C=N–C) groups is 1. The number of nitrogens with zero attached hydrogens (tertiary/aromatic N) is 3. The van der Waals surface area contributed by atoms with Crippen molar-refractivity contribution in [3.63, 3.8) is 0 Å². The van der Waals surface area contributed by atoms with Gasteiger partial charge in [-0.25, -0.2) is 0 Å². The Hall–Kier alpha value is -1.57. The summed E-state index contributed by atoms with van der Waals surface area (Å²) in [6.45, 7) is 4.36. The van der Waals surface area contributed by atoms with Gasteiger partial charge in [0.05, 0.1) is 5.69 Å². The highest BCUT2D eigenvalue weighted by atomic mass is 127. The Kier molecular flexibility index (Phi) is 7.01. The third-order valence-corrected chi connectivity index (χ3v) is 5.78. The van der Waals surface area contributed by atoms with Gasteiger partial charge in [0.1, 0.15) is 0 Å². The molecule has 1 aromatic carbocycles. The summed E-state index contributed by atoms with van der Waals surface area (Å²) < 4.78 is 2.10. The first-order valence-electron chi connectivity index (χ1n) is 10.2. The van der Waals surface area contributed by atoms with Crippen molar-refractivity contribution in [2.75, 3.05) is 7.05 Å². The summed E-state index contributed by atoms with van der Waals surface area (Å²) in [6.07, 6.45) is 7.81. The Labute approximate surface area is 185 Å². The van der Waals surface area contributed by atoms with Gasteiger partial charge < -0.3 is 10.6 Å². The van der Waals surface area contributed by atoms with Crippen LogP contribution in [-0.2, 0) is 19.3 Å². The molecule has 5 nitrogen and oxygen atoms in total. The van der Waals surface area contributed by atoms with Crippen molar-refractivity contribution in [1.82, 2.24) is 20.4 Å². The quantitative estimate of drug-likeness (QED) is 0.379. The lowest BCUT2D eigenvalue weighted by molar-refractivity contribution is 0.498. The molecular formula is C22H32IN5. The zero-order valence-electron chi connectivity index (χ0n) is 17.1. The summed E-state index contributed by atoms with van der Waals surface area (Å²) in [4.78, 5) is 4.46. The van der Waals surface area contributed by atoms with E-state index in [9.17, 15) is 0 Å². The molecule has 0 bridgehead atoms. The molecule has 152 valence electrons. The average Bonchev–Trinajstić information content (AvgIpc) is 3.24. The van der Waals surface area contributed by atoms with Crippen LogP contribution in [0.5, 0.6) is 0 Å². The smallest absolute Gasteiger partial charge is 0.191 e. The molecule has 1 heterocycles. The van der Waals surface area contributed by atoms with Gasteiger partial charge in [0, 0.05) is 37.8 Å². The third kappa shape index (κ3) is 5.07. The predicted octanol–water partition coefficient (Wildman–Crippen LogP) is 3.74. The number of aryl methyl sites for hydroxylation is 1. The molecule has 2 aromatic rings. The molecule has 1 saturated carbocycles. The van der Waals surface area contributed by atoms with Gasteiger partial charge in [-0.1, -0.05) is 30.3 Å². The second-order valence-corrected chi connectivity index (χ2v) is 8.27. The normalized spacial score (nSPS) is 23.7. The number of benzene rings is 1. The number of aromatic nitrogens is 2. The van der Waals surface area contributed by atoms with Crippen molar-refractivity contribution >= 4 is 29.9 Å². The monoisotopic (exact) mass is 493 g/mol. The second kappa shape index (κ2) is 9.29. The van der Waals surface area contributed by atoms with E-state index in [1.165, 1.54) is 23.2 Å². The minimum atomic E-state index is 0. The number of hydrogen-bond acceptors (Lipinski definition) is 2. The van der Waals surface area contributed by atoms with E-state index in [0.29, 0.717) is 24.0 Å². The zero-order chi connectivity index (χ0) is 18.8. The number of rotatable bonds is 5. The topological polar surface area (TPSA) is 54.2 Å². The second-order valence-electron chi connectivity index (χ2n) is 8.27. The number of hydrogen-bond donors (Lipinski definition) is 2. The summed E-state index contributed by atoms with van der Waals surface area (Å²) in [5.74, 6) is 1.65. The molecule has 3 atom stereocenters. The lowest BCUT2D eigenvalue weighted by Crippen LogP contribution is -2.46. The lowest BCUT2D eigenvalue weighted by atomic mass is 9.94. The number of fused-ring (bicyclic) bond motifs is 1. The molecular weight excluding hydrogens is 461 g/mol.